The summed E-state index contributed by atoms with van der Waals surface area (Å²) < 4.78 is 30.2. The van der Waals surface area contributed by atoms with Gasteiger partial charge in [0.2, 0.25) is 10.0 Å². The molecule has 7 nitrogen and oxygen atoms in total. The maximum absolute atomic E-state index is 11.2. The molecule has 134 valence electrons. The van der Waals surface area contributed by atoms with Crippen molar-refractivity contribution in [2.45, 2.75) is 33.1 Å². The molecule has 0 unspecified atom stereocenters. The molecule has 0 saturated heterocycles. The first-order chi connectivity index (χ1) is 10.1. The maximum atomic E-state index is 11.2. The van der Waals surface area contributed by atoms with Crippen LogP contribution in [0.2, 0.25) is 0 Å². The fourth-order valence-electron chi connectivity index (χ4n) is 1.53. The zero-order valence-electron chi connectivity index (χ0n) is 13.9. The summed E-state index contributed by atoms with van der Waals surface area (Å²) >= 11 is 0. The molecular weight excluding hydrogens is 419 g/mol. The third-order valence-electron chi connectivity index (χ3n) is 2.78. The number of nitrogens with zero attached hydrogens (tertiary/aromatic N) is 1. The molecule has 0 aliphatic rings. The van der Waals surface area contributed by atoms with Crippen LogP contribution in [0.1, 0.15) is 33.1 Å². The van der Waals surface area contributed by atoms with Gasteiger partial charge in [-0.2, -0.15) is 0 Å². The zero-order valence-corrected chi connectivity index (χ0v) is 17.0. The molecule has 0 spiro atoms. The molecule has 0 aromatic carbocycles. The van der Waals surface area contributed by atoms with Crippen molar-refractivity contribution in [2.24, 2.45) is 4.99 Å². The van der Waals surface area contributed by atoms with E-state index >= 15 is 0 Å². The van der Waals surface area contributed by atoms with Crippen molar-refractivity contribution in [3.05, 3.63) is 0 Å². The molecule has 0 fully saturated rings. The largest absolute Gasteiger partial charge is 0.382 e. The summed E-state index contributed by atoms with van der Waals surface area (Å²) in [5.74, 6) is 0.857. The second kappa shape index (κ2) is 15.8. The van der Waals surface area contributed by atoms with Gasteiger partial charge < -0.3 is 15.4 Å². The molecule has 0 aromatic rings. The molecular formula is C13H31IN4O3S. The Morgan fingerprint density at radius 1 is 1.05 bits per heavy atom. The number of nitrogens with one attached hydrogen (secondary N) is 3. The number of ether oxygens (including phenoxy) is 1. The van der Waals surface area contributed by atoms with E-state index in [1.165, 1.54) is 0 Å². The van der Waals surface area contributed by atoms with Crippen LogP contribution in [0.5, 0.6) is 0 Å². The van der Waals surface area contributed by atoms with Crippen LogP contribution < -0.4 is 15.4 Å². The van der Waals surface area contributed by atoms with Crippen molar-refractivity contribution in [1.29, 1.82) is 0 Å². The summed E-state index contributed by atoms with van der Waals surface area (Å²) in [7, 11) is -1.37. The lowest BCUT2D eigenvalue weighted by Gasteiger charge is -2.12. The predicted octanol–water partition coefficient (Wildman–Crippen LogP) is 0.916. The maximum Gasteiger partial charge on any atom is 0.211 e. The Balaban J connectivity index is 0. The van der Waals surface area contributed by atoms with Gasteiger partial charge in [-0.1, -0.05) is 0 Å². The highest BCUT2D eigenvalue weighted by molar-refractivity contribution is 14.0. The first kappa shape index (κ1) is 24.1. The Labute approximate surface area is 152 Å². The number of aliphatic imine (C=N–C) groups is 1. The highest BCUT2D eigenvalue weighted by atomic mass is 127. The minimum Gasteiger partial charge on any atom is -0.382 e. The average Bonchev–Trinajstić information content (AvgIpc) is 2.48. The van der Waals surface area contributed by atoms with Gasteiger partial charge in [-0.05, 0) is 33.1 Å². The number of hydrogen-bond donors (Lipinski definition) is 3. The summed E-state index contributed by atoms with van der Waals surface area (Å²) in [6, 6.07) is 0. The van der Waals surface area contributed by atoms with E-state index in [1.807, 2.05) is 6.92 Å². The SMILES string of the molecule is CCOCCCCNC(=NC)NCCCNS(=O)(=O)CC.I. The van der Waals surface area contributed by atoms with E-state index in [0.29, 0.717) is 19.5 Å². The number of unbranched alkanes of at least 4 members (excludes halogenated alkanes) is 1. The van der Waals surface area contributed by atoms with Crippen LogP contribution in [-0.2, 0) is 14.8 Å². The highest BCUT2D eigenvalue weighted by Crippen LogP contribution is 1.88. The van der Waals surface area contributed by atoms with E-state index in [-0.39, 0.29) is 29.7 Å². The summed E-state index contributed by atoms with van der Waals surface area (Å²) in [5.41, 5.74) is 0. The Morgan fingerprint density at radius 3 is 2.23 bits per heavy atom. The Hall–Kier alpha value is -0.130. The average molecular weight is 450 g/mol. The third-order valence-corrected chi connectivity index (χ3v) is 4.19. The monoisotopic (exact) mass is 450 g/mol. The van der Waals surface area contributed by atoms with Gasteiger partial charge in [0.25, 0.3) is 0 Å². The van der Waals surface area contributed by atoms with Crippen LogP contribution in [0, 0.1) is 0 Å². The number of sulfonamides is 1. The van der Waals surface area contributed by atoms with Gasteiger partial charge >= 0.3 is 0 Å². The van der Waals surface area contributed by atoms with Crippen LogP contribution in [0.4, 0.5) is 0 Å². The first-order valence-corrected chi connectivity index (χ1v) is 9.20. The van der Waals surface area contributed by atoms with Gasteiger partial charge in [0.05, 0.1) is 5.75 Å². The smallest absolute Gasteiger partial charge is 0.211 e. The lowest BCUT2D eigenvalue weighted by Crippen LogP contribution is -2.39. The van der Waals surface area contributed by atoms with Crippen molar-refractivity contribution in [2.75, 3.05) is 45.6 Å². The van der Waals surface area contributed by atoms with Crippen molar-refractivity contribution >= 4 is 40.0 Å². The molecule has 3 N–H and O–H groups in total. The third kappa shape index (κ3) is 14.8. The minimum atomic E-state index is -3.09. The molecule has 0 aromatic heterocycles. The summed E-state index contributed by atoms with van der Waals surface area (Å²) in [4.78, 5) is 4.11. The van der Waals surface area contributed by atoms with E-state index in [2.05, 4.69) is 20.3 Å². The Morgan fingerprint density at radius 2 is 1.68 bits per heavy atom. The molecule has 0 amide bonds. The van der Waals surface area contributed by atoms with Crippen molar-refractivity contribution in [3.63, 3.8) is 0 Å². The summed E-state index contributed by atoms with van der Waals surface area (Å²) in [5, 5.41) is 6.36. The van der Waals surface area contributed by atoms with Gasteiger partial charge in [-0.25, -0.2) is 13.1 Å². The molecule has 0 saturated carbocycles. The zero-order chi connectivity index (χ0) is 16.0. The fourth-order valence-corrected chi connectivity index (χ4v) is 2.19. The molecule has 0 atom stereocenters. The van der Waals surface area contributed by atoms with Gasteiger partial charge in [0.15, 0.2) is 5.96 Å². The standard InChI is InChI=1S/C13H30N4O3S.HI/c1-4-20-12-7-6-9-15-13(14-3)16-10-8-11-17-21(18,19)5-2;/h17H,4-12H2,1-3H3,(H2,14,15,16);1H. The van der Waals surface area contributed by atoms with Crippen LogP contribution in [0.3, 0.4) is 0 Å². The van der Waals surface area contributed by atoms with E-state index in [0.717, 1.165) is 38.6 Å². The summed E-state index contributed by atoms with van der Waals surface area (Å²) in [6.07, 6.45) is 2.76. The molecule has 0 radical (unpaired) electrons. The number of guanidine groups is 1. The molecule has 0 rings (SSSR count). The van der Waals surface area contributed by atoms with Crippen LogP contribution in [-0.4, -0.2) is 60.0 Å². The van der Waals surface area contributed by atoms with E-state index < -0.39 is 10.0 Å². The minimum absolute atomic E-state index is 0. The number of hydrogen-bond acceptors (Lipinski definition) is 4. The van der Waals surface area contributed by atoms with Gasteiger partial charge in [-0.15, -0.1) is 24.0 Å². The van der Waals surface area contributed by atoms with Crippen LogP contribution >= 0.6 is 24.0 Å². The second-order valence-corrected chi connectivity index (χ2v) is 6.58. The quantitative estimate of drug-likeness (QED) is 0.178. The van der Waals surface area contributed by atoms with Crippen molar-refractivity contribution < 1.29 is 13.2 Å². The first-order valence-electron chi connectivity index (χ1n) is 7.55. The molecule has 22 heavy (non-hydrogen) atoms. The topological polar surface area (TPSA) is 91.8 Å². The van der Waals surface area contributed by atoms with E-state index in [1.54, 1.807) is 14.0 Å². The van der Waals surface area contributed by atoms with Crippen LogP contribution in [0.25, 0.3) is 0 Å². The number of halogens is 1. The van der Waals surface area contributed by atoms with Crippen LogP contribution in [0.15, 0.2) is 4.99 Å². The number of rotatable bonds is 12. The normalized spacial score (nSPS) is 11.9. The lowest BCUT2D eigenvalue weighted by atomic mass is 10.3. The van der Waals surface area contributed by atoms with E-state index in [9.17, 15) is 8.42 Å². The molecule has 0 aliphatic carbocycles. The molecule has 0 aliphatic heterocycles. The van der Waals surface area contributed by atoms with Crippen molar-refractivity contribution in [3.8, 4) is 0 Å². The Bertz CT molecular complexity index is 377. The second-order valence-electron chi connectivity index (χ2n) is 4.48. The summed E-state index contributed by atoms with van der Waals surface area (Å²) in [6.45, 7) is 7.12. The van der Waals surface area contributed by atoms with Crippen molar-refractivity contribution in [1.82, 2.24) is 15.4 Å². The molecule has 0 bridgehead atoms. The van der Waals surface area contributed by atoms with Gasteiger partial charge in [-0.3, -0.25) is 4.99 Å². The van der Waals surface area contributed by atoms with E-state index in [4.69, 9.17) is 4.74 Å². The van der Waals surface area contributed by atoms with Gasteiger partial charge in [0.1, 0.15) is 0 Å². The molecule has 9 heteroatoms. The molecule has 0 heterocycles. The fraction of sp³-hybridized carbons (Fsp3) is 0.923. The highest BCUT2D eigenvalue weighted by Gasteiger charge is 2.04. The Kier molecular flexibility index (Phi) is 17.3. The predicted molar refractivity (Wildman–Crippen MR) is 103 cm³/mol. The lowest BCUT2D eigenvalue weighted by molar-refractivity contribution is 0.143. The van der Waals surface area contributed by atoms with Gasteiger partial charge in [0, 0.05) is 39.9 Å².